The summed E-state index contributed by atoms with van der Waals surface area (Å²) in [7, 11) is 0. The van der Waals surface area contributed by atoms with Gasteiger partial charge in [0.15, 0.2) is 0 Å². The van der Waals surface area contributed by atoms with E-state index in [9.17, 15) is 4.79 Å². The van der Waals surface area contributed by atoms with Crippen LogP contribution in [0.25, 0.3) is 0 Å². The Hall–Kier alpha value is -0.570. The molecular weight excluding hydrogens is 142 g/mol. The maximum Gasteiger partial charge on any atom is 0.309 e. The Morgan fingerprint density at radius 1 is 1.45 bits per heavy atom. The second kappa shape index (κ2) is 1.97. The van der Waals surface area contributed by atoms with E-state index < -0.39 is 11.4 Å². The summed E-state index contributed by atoms with van der Waals surface area (Å²) in [4.78, 5) is 10.9. The first-order chi connectivity index (χ1) is 5.17. The Labute approximate surface area is 65.6 Å². The highest BCUT2D eigenvalue weighted by Crippen LogP contribution is 2.56. The minimum absolute atomic E-state index is 0.153. The smallest absolute Gasteiger partial charge is 0.309 e. The number of carboxylic acid groups (broad SMARTS) is 1. The van der Waals surface area contributed by atoms with Gasteiger partial charge in [0.05, 0.1) is 5.41 Å². The molecular formula is C8H13NO2. The van der Waals surface area contributed by atoms with Crippen LogP contribution in [0.2, 0.25) is 0 Å². The minimum Gasteiger partial charge on any atom is -0.481 e. The monoisotopic (exact) mass is 155 g/mol. The molecule has 11 heavy (non-hydrogen) atoms. The molecule has 2 fully saturated rings. The third-order valence-electron chi connectivity index (χ3n) is 3.48. The van der Waals surface area contributed by atoms with Gasteiger partial charge < -0.3 is 10.8 Å². The molecule has 0 heterocycles. The van der Waals surface area contributed by atoms with Crippen molar-refractivity contribution in [2.45, 2.75) is 31.7 Å². The molecule has 0 amide bonds. The molecule has 0 radical (unpaired) electrons. The fourth-order valence-corrected chi connectivity index (χ4v) is 2.59. The molecule has 2 saturated carbocycles. The highest BCUT2D eigenvalue weighted by atomic mass is 16.4. The van der Waals surface area contributed by atoms with E-state index in [1.165, 1.54) is 0 Å². The highest BCUT2D eigenvalue weighted by molar-refractivity contribution is 5.77. The predicted octanol–water partition coefficient (Wildman–Crippen LogP) is 0.588. The van der Waals surface area contributed by atoms with E-state index in [2.05, 4.69) is 0 Å². The number of rotatable bonds is 1. The third kappa shape index (κ3) is 0.692. The topological polar surface area (TPSA) is 63.3 Å². The van der Waals surface area contributed by atoms with Crippen LogP contribution in [-0.4, -0.2) is 17.1 Å². The average molecular weight is 155 g/mol. The van der Waals surface area contributed by atoms with Crippen molar-refractivity contribution in [3.8, 4) is 0 Å². The minimum atomic E-state index is -0.623. The zero-order valence-corrected chi connectivity index (χ0v) is 6.42. The van der Waals surface area contributed by atoms with Crippen molar-refractivity contribution in [3.05, 3.63) is 0 Å². The van der Waals surface area contributed by atoms with Crippen molar-refractivity contribution in [2.75, 3.05) is 0 Å². The molecule has 3 N–H and O–H groups in total. The standard InChI is InChI=1S/C8H13NO2/c9-6-2-4-8(7(10)11)3-1-5(6)8/h5-6H,1-4,9H2,(H,10,11)/t5-,6+,8-/m0/s1. The van der Waals surface area contributed by atoms with Gasteiger partial charge in [0.25, 0.3) is 0 Å². The van der Waals surface area contributed by atoms with Crippen LogP contribution in [0.5, 0.6) is 0 Å². The molecule has 3 atom stereocenters. The average Bonchev–Trinajstić information content (AvgIpc) is 2.04. The van der Waals surface area contributed by atoms with Crippen LogP contribution in [0.15, 0.2) is 0 Å². The van der Waals surface area contributed by atoms with Gasteiger partial charge in [-0.2, -0.15) is 0 Å². The Morgan fingerprint density at radius 2 is 2.09 bits per heavy atom. The maximum absolute atomic E-state index is 10.9. The molecule has 0 aromatic carbocycles. The SMILES string of the molecule is N[C@@H]1CC[C@@]2(C(=O)O)CC[C@@H]12. The van der Waals surface area contributed by atoms with Crippen LogP contribution in [-0.2, 0) is 4.79 Å². The van der Waals surface area contributed by atoms with E-state index in [1.807, 2.05) is 0 Å². The molecule has 62 valence electrons. The largest absolute Gasteiger partial charge is 0.481 e. The first kappa shape index (κ1) is 7.10. The van der Waals surface area contributed by atoms with E-state index >= 15 is 0 Å². The molecule has 0 saturated heterocycles. The van der Waals surface area contributed by atoms with E-state index in [0.29, 0.717) is 0 Å². The maximum atomic E-state index is 10.9. The Balaban J connectivity index is 2.22. The Bertz CT molecular complexity index is 204. The summed E-state index contributed by atoms with van der Waals surface area (Å²) >= 11 is 0. The van der Waals surface area contributed by atoms with Crippen molar-refractivity contribution >= 4 is 5.97 Å². The summed E-state index contributed by atoms with van der Waals surface area (Å²) in [5.41, 5.74) is 5.38. The van der Waals surface area contributed by atoms with Crippen molar-refractivity contribution in [1.29, 1.82) is 0 Å². The molecule has 2 rings (SSSR count). The van der Waals surface area contributed by atoms with E-state index in [4.69, 9.17) is 10.8 Å². The first-order valence-electron chi connectivity index (χ1n) is 4.16. The van der Waals surface area contributed by atoms with Crippen LogP contribution in [0.1, 0.15) is 25.7 Å². The van der Waals surface area contributed by atoms with Gasteiger partial charge in [0, 0.05) is 6.04 Å². The van der Waals surface area contributed by atoms with Crippen LogP contribution >= 0.6 is 0 Å². The van der Waals surface area contributed by atoms with E-state index in [1.54, 1.807) is 0 Å². The molecule has 2 aliphatic rings. The molecule has 0 aromatic heterocycles. The zero-order chi connectivity index (χ0) is 8.06. The van der Waals surface area contributed by atoms with Crippen molar-refractivity contribution in [2.24, 2.45) is 17.1 Å². The van der Waals surface area contributed by atoms with E-state index in [0.717, 1.165) is 25.7 Å². The molecule has 3 nitrogen and oxygen atoms in total. The molecule has 3 heteroatoms. The summed E-state index contributed by atoms with van der Waals surface area (Å²) in [5.74, 6) is -0.346. The third-order valence-corrected chi connectivity index (χ3v) is 3.48. The molecule has 0 spiro atoms. The lowest BCUT2D eigenvalue weighted by Crippen LogP contribution is -2.48. The summed E-state index contributed by atoms with van der Waals surface area (Å²) in [6.45, 7) is 0. The number of fused-ring (bicyclic) bond motifs is 1. The fourth-order valence-electron chi connectivity index (χ4n) is 2.59. The van der Waals surface area contributed by atoms with Crippen molar-refractivity contribution in [3.63, 3.8) is 0 Å². The number of carbonyl (C=O) groups is 1. The van der Waals surface area contributed by atoms with Gasteiger partial charge in [0.1, 0.15) is 0 Å². The first-order valence-corrected chi connectivity index (χ1v) is 4.16. The second-order valence-corrected chi connectivity index (χ2v) is 3.81. The van der Waals surface area contributed by atoms with Crippen LogP contribution in [0.4, 0.5) is 0 Å². The van der Waals surface area contributed by atoms with Gasteiger partial charge in [0.2, 0.25) is 0 Å². The fraction of sp³-hybridized carbons (Fsp3) is 0.875. The van der Waals surface area contributed by atoms with Crippen LogP contribution < -0.4 is 5.73 Å². The summed E-state index contributed by atoms with van der Waals surface area (Å²) in [5, 5.41) is 8.96. The van der Waals surface area contributed by atoms with Gasteiger partial charge >= 0.3 is 5.97 Å². The quantitative estimate of drug-likeness (QED) is 0.582. The van der Waals surface area contributed by atoms with Gasteiger partial charge in [-0.25, -0.2) is 0 Å². The Morgan fingerprint density at radius 3 is 2.36 bits per heavy atom. The lowest BCUT2D eigenvalue weighted by molar-refractivity contribution is -0.158. The molecule has 0 bridgehead atoms. The van der Waals surface area contributed by atoms with Crippen molar-refractivity contribution < 1.29 is 9.90 Å². The summed E-state index contributed by atoms with van der Waals surface area (Å²) < 4.78 is 0. The van der Waals surface area contributed by atoms with Gasteiger partial charge in [-0.1, -0.05) is 0 Å². The van der Waals surface area contributed by atoms with Gasteiger partial charge in [-0.3, -0.25) is 4.79 Å². The molecule has 0 aromatic rings. The van der Waals surface area contributed by atoms with Crippen molar-refractivity contribution in [1.82, 2.24) is 0 Å². The number of hydrogen-bond acceptors (Lipinski definition) is 2. The van der Waals surface area contributed by atoms with Gasteiger partial charge in [-0.15, -0.1) is 0 Å². The highest BCUT2D eigenvalue weighted by Gasteiger charge is 2.58. The van der Waals surface area contributed by atoms with Crippen LogP contribution in [0.3, 0.4) is 0 Å². The Kier molecular flexibility index (Phi) is 1.27. The zero-order valence-electron chi connectivity index (χ0n) is 6.42. The molecule has 0 unspecified atom stereocenters. The normalized spacial score (nSPS) is 48.1. The number of carboxylic acids is 1. The summed E-state index contributed by atoms with van der Waals surface area (Å²) in [6.07, 6.45) is 3.57. The summed E-state index contributed by atoms with van der Waals surface area (Å²) in [6, 6.07) is 0.153. The number of aliphatic carboxylic acids is 1. The molecule has 2 aliphatic carbocycles. The predicted molar refractivity (Wildman–Crippen MR) is 40.0 cm³/mol. The molecule has 0 aliphatic heterocycles. The van der Waals surface area contributed by atoms with Crippen LogP contribution in [0, 0.1) is 11.3 Å². The number of hydrogen-bond donors (Lipinski definition) is 2. The van der Waals surface area contributed by atoms with E-state index in [-0.39, 0.29) is 12.0 Å². The van der Waals surface area contributed by atoms with Gasteiger partial charge in [-0.05, 0) is 31.6 Å². The second-order valence-electron chi connectivity index (χ2n) is 3.81. The number of nitrogens with two attached hydrogens (primary N) is 1. The lowest BCUT2D eigenvalue weighted by Gasteiger charge is -2.42. The lowest BCUT2D eigenvalue weighted by atomic mass is 9.61.